The van der Waals surface area contributed by atoms with Crippen LogP contribution in [-0.2, 0) is 0 Å². The molecule has 0 aromatic heterocycles. The van der Waals surface area contributed by atoms with Crippen molar-refractivity contribution in [3.05, 3.63) is 129 Å². The molecule has 0 bridgehead atoms. The average Bonchev–Trinajstić information content (AvgIpc) is 3.05. The lowest BCUT2D eigenvalue weighted by Gasteiger charge is -2.14. The summed E-state index contributed by atoms with van der Waals surface area (Å²) in [7, 11) is 5.19. The van der Waals surface area contributed by atoms with Crippen LogP contribution < -0.4 is 18.9 Å². The number of methoxy groups -OCH3 is 3. The van der Waals surface area contributed by atoms with Crippen molar-refractivity contribution >= 4 is 39.5 Å². The highest BCUT2D eigenvalue weighted by atomic mass is 79.9. The largest absolute Gasteiger partial charge is 0.569 e. The highest BCUT2D eigenvalue weighted by Gasteiger charge is 2.17. The van der Waals surface area contributed by atoms with Gasteiger partial charge in [-0.3, -0.25) is 0 Å². The van der Waals surface area contributed by atoms with Gasteiger partial charge in [0.2, 0.25) is 0 Å². The van der Waals surface area contributed by atoms with E-state index in [9.17, 15) is 17.6 Å². The molecular weight excluding hydrogens is 747 g/mol. The molecule has 1 radical (unpaired) electrons. The average molecular weight is 781 g/mol. The molecule has 0 saturated carbocycles. The van der Waals surface area contributed by atoms with E-state index >= 15 is 0 Å². The summed E-state index contributed by atoms with van der Waals surface area (Å²) in [5.74, 6) is -0.342. The van der Waals surface area contributed by atoms with Crippen molar-refractivity contribution in [2.75, 3.05) is 21.3 Å². The van der Waals surface area contributed by atoms with E-state index in [1.54, 1.807) is 73.8 Å². The van der Waals surface area contributed by atoms with Gasteiger partial charge in [-0.05, 0) is 68.3 Å². The van der Waals surface area contributed by atoms with Crippen LogP contribution >= 0.6 is 31.9 Å². The highest BCUT2D eigenvalue weighted by molar-refractivity contribution is 9.11. The molecule has 0 atom stereocenters. The van der Waals surface area contributed by atoms with Crippen LogP contribution in [0.4, 0.5) is 17.6 Å². The molecular formula is C35H34BBr2F4O5. The Labute approximate surface area is 290 Å². The summed E-state index contributed by atoms with van der Waals surface area (Å²) in [6, 6.07) is 25.7. The number of hydrogen-bond acceptors (Lipinski definition) is 5. The van der Waals surface area contributed by atoms with Gasteiger partial charge in [-0.1, -0.05) is 63.4 Å². The van der Waals surface area contributed by atoms with E-state index < -0.39 is 23.3 Å². The van der Waals surface area contributed by atoms with Gasteiger partial charge in [-0.2, -0.15) is 0 Å². The van der Waals surface area contributed by atoms with Gasteiger partial charge in [0, 0.05) is 34.4 Å². The Balaban J connectivity index is 0.000000401. The van der Waals surface area contributed by atoms with E-state index in [0.29, 0.717) is 41.8 Å². The first-order valence-corrected chi connectivity index (χ1v) is 14.5. The normalized spacial score (nSPS) is 9.57. The van der Waals surface area contributed by atoms with Crippen LogP contribution in [0.5, 0.6) is 23.0 Å². The van der Waals surface area contributed by atoms with Gasteiger partial charge in [0.25, 0.3) is 0 Å². The molecule has 1 N–H and O–H groups in total. The summed E-state index contributed by atoms with van der Waals surface area (Å²) >= 11 is 5.82. The summed E-state index contributed by atoms with van der Waals surface area (Å²) in [6.45, 7) is 0. The molecule has 0 spiro atoms. The van der Waals surface area contributed by atoms with Crippen LogP contribution in [0.1, 0.15) is 14.9 Å². The Kier molecular flexibility index (Phi) is 17.7. The topological polar surface area (TPSA) is 57.2 Å². The first-order chi connectivity index (χ1) is 21.6. The maximum absolute atomic E-state index is 14.4. The van der Waals surface area contributed by atoms with E-state index in [1.807, 2.05) is 6.07 Å². The van der Waals surface area contributed by atoms with Crippen molar-refractivity contribution in [3.63, 3.8) is 0 Å². The maximum Gasteiger partial charge on any atom is 0.569 e. The molecule has 5 aromatic carbocycles. The third-order valence-corrected chi connectivity index (χ3v) is 7.28. The molecule has 0 amide bonds. The Bertz CT molecular complexity index is 1610. The molecule has 0 heterocycles. The smallest absolute Gasteiger partial charge is 0.535 e. The number of rotatable bonds is 7. The lowest BCUT2D eigenvalue weighted by molar-refractivity contribution is 0.381. The molecule has 0 fully saturated rings. The van der Waals surface area contributed by atoms with Gasteiger partial charge in [0.1, 0.15) is 40.5 Å². The number of hydrogen-bond donors (Lipinski definition) is 1. The van der Waals surface area contributed by atoms with E-state index in [0.717, 1.165) is 12.1 Å². The van der Waals surface area contributed by atoms with E-state index in [-0.39, 0.29) is 34.9 Å². The van der Waals surface area contributed by atoms with Crippen molar-refractivity contribution in [2.45, 2.75) is 14.9 Å². The van der Waals surface area contributed by atoms with Crippen molar-refractivity contribution in [3.8, 4) is 45.3 Å². The molecule has 47 heavy (non-hydrogen) atoms. The minimum atomic E-state index is -0.643. The van der Waals surface area contributed by atoms with E-state index in [2.05, 4.69) is 31.9 Å². The van der Waals surface area contributed by atoms with Crippen LogP contribution in [0.15, 0.2) is 106 Å². The molecule has 5 aromatic rings. The number of halogens is 6. The van der Waals surface area contributed by atoms with Crippen LogP contribution in [0.3, 0.4) is 0 Å². The van der Waals surface area contributed by atoms with Gasteiger partial charge in [0.05, 0.1) is 30.3 Å². The fourth-order valence-corrected chi connectivity index (χ4v) is 4.96. The van der Waals surface area contributed by atoms with Crippen LogP contribution in [0.2, 0.25) is 0 Å². The molecule has 0 unspecified atom stereocenters. The Hall–Kier alpha value is -4.00. The second kappa shape index (κ2) is 20.3. The van der Waals surface area contributed by atoms with Crippen molar-refractivity contribution in [1.29, 1.82) is 0 Å². The molecule has 5 nitrogen and oxygen atoms in total. The van der Waals surface area contributed by atoms with Crippen molar-refractivity contribution in [1.82, 2.24) is 0 Å². The molecule has 0 aliphatic heterocycles. The second-order valence-corrected chi connectivity index (χ2v) is 10.5. The first-order valence-electron chi connectivity index (χ1n) is 13.0. The predicted octanol–water partition coefficient (Wildman–Crippen LogP) is 10.7. The van der Waals surface area contributed by atoms with Gasteiger partial charge >= 0.3 is 7.69 Å². The molecule has 0 aliphatic carbocycles. The van der Waals surface area contributed by atoms with Crippen LogP contribution in [0.25, 0.3) is 22.3 Å². The molecule has 5 rings (SSSR count). The van der Waals surface area contributed by atoms with Crippen LogP contribution in [0, 0.1) is 23.3 Å². The Morgan fingerprint density at radius 2 is 0.851 bits per heavy atom. The highest BCUT2D eigenvalue weighted by Crippen LogP contribution is 2.38. The van der Waals surface area contributed by atoms with Gasteiger partial charge in [-0.15, -0.1) is 0 Å². The monoisotopic (exact) mass is 779 g/mol. The predicted molar refractivity (Wildman–Crippen MR) is 187 cm³/mol. The zero-order valence-corrected chi connectivity index (χ0v) is 27.3. The number of benzene rings is 5. The standard InChI is InChI=1S/C20H16F2O2.C7H8BO3.C6H2Br2F2.2CH4/c1-23-19-9-5-3-7-13(19)15-11-16(18(22)12-17(15)21)14-8-4-6-10-20(14)24-2;1-10-6-4-2-3-5-7(6)11-8-9;7-3-1-4(8)6(10)2-5(3)9;;/h3-12H,1-2H3;2-5,9H,1H3;1-2H;2*1H4. The third kappa shape index (κ3) is 11.0. The molecule has 0 aliphatic rings. The van der Waals surface area contributed by atoms with E-state index in [1.165, 1.54) is 26.4 Å². The van der Waals surface area contributed by atoms with Crippen LogP contribution in [-0.4, -0.2) is 34.0 Å². The lowest BCUT2D eigenvalue weighted by atomic mass is 9.97. The Morgan fingerprint density at radius 3 is 1.23 bits per heavy atom. The third-order valence-electron chi connectivity index (χ3n) is 6.06. The zero-order valence-electron chi connectivity index (χ0n) is 24.2. The SMILES string of the molecule is C.C.COc1ccccc1-c1cc(-c2ccccc2OC)c(F)cc1F.COc1ccccc1O[B]O.Fc1cc(F)c(Br)cc1Br. The zero-order chi connectivity index (χ0) is 32.9. The summed E-state index contributed by atoms with van der Waals surface area (Å²) in [6.07, 6.45) is 0. The minimum absolute atomic E-state index is 0. The quantitative estimate of drug-likeness (QED) is 0.101. The lowest BCUT2D eigenvalue weighted by Crippen LogP contribution is -2.01. The minimum Gasteiger partial charge on any atom is -0.535 e. The molecule has 249 valence electrons. The molecule has 0 saturated heterocycles. The summed E-state index contributed by atoms with van der Waals surface area (Å²) in [5.41, 5.74) is 1.67. The summed E-state index contributed by atoms with van der Waals surface area (Å²) in [4.78, 5) is 0. The van der Waals surface area contributed by atoms with Gasteiger partial charge < -0.3 is 23.9 Å². The fraction of sp³-hybridized carbons (Fsp3) is 0.143. The molecule has 12 heteroatoms. The summed E-state index contributed by atoms with van der Waals surface area (Å²) in [5, 5.41) is 8.34. The first kappa shape index (κ1) is 41.0. The van der Waals surface area contributed by atoms with Crippen molar-refractivity contribution < 1.29 is 41.5 Å². The van der Waals surface area contributed by atoms with Gasteiger partial charge in [-0.25, -0.2) is 17.6 Å². The van der Waals surface area contributed by atoms with Gasteiger partial charge in [0.15, 0.2) is 5.75 Å². The Morgan fingerprint density at radius 1 is 0.489 bits per heavy atom. The number of para-hydroxylation sites is 4. The second-order valence-electron chi connectivity index (χ2n) is 8.77. The van der Waals surface area contributed by atoms with E-state index in [4.69, 9.17) is 23.9 Å². The maximum atomic E-state index is 14.4. The number of ether oxygens (including phenoxy) is 3. The van der Waals surface area contributed by atoms with Crippen molar-refractivity contribution in [2.24, 2.45) is 0 Å². The fourth-order valence-electron chi connectivity index (χ4n) is 3.97. The summed E-state index contributed by atoms with van der Waals surface area (Å²) < 4.78 is 74.5.